The molecule has 0 atom stereocenters. The molecule has 57 heavy (non-hydrogen) atoms. The molecule has 22 nitrogen and oxygen atoms in total. The molecular weight excluding hydrogens is 752 g/mol. The zero-order valence-corrected chi connectivity index (χ0v) is 30.4. The lowest BCUT2D eigenvalue weighted by Crippen LogP contribution is -2.43. The van der Waals surface area contributed by atoms with E-state index < -0.39 is 45.9 Å². The molecule has 22 heteroatoms. The van der Waals surface area contributed by atoms with E-state index in [1.165, 1.54) is 48.5 Å². The van der Waals surface area contributed by atoms with E-state index in [1.54, 1.807) is 0 Å². The quantitative estimate of drug-likeness (QED) is 0.0423. The first-order valence-electron chi connectivity index (χ1n) is 17.5. The van der Waals surface area contributed by atoms with Crippen molar-refractivity contribution in [1.82, 2.24) is 50.0 Å². The van der Waals surface area contributed by atoms with Crippen molar-refractivity contribution < 1.29 is 40.0 Å². The van der Waals surface area contributed by atoms with Gasteiger partial charge in [-0.2, -0.15) is 0 Å². The number of amides is 4. The second-order valence-corrected chi connectivity index (χ2v) is 12.3. The van der Waals surface area contributed by atoms with Gasteiger partial charge in [0.1, 0.15) is 22.8 Å². The summed E-state index contributed by atoms with van der Waals surface area (Å²) in [5, 5.41) is 50.3. The van der Waals surface area contributed by atoms with E-state index in [0.717, 1.165) is 24.3 Å². The molecule has 4 aromatic heterocycles. The van der Waals surface area contributed by atoms with Crippen molar-refractivity contribution in [3.05, 3.63) is 137 Å². The molecule has 0 bridgehead atoms. The standard InChI is InChI=1S/C35H42N10O12/c46-28-10-1-6-24(42(28)54)32(50)36-14-20-40(21-15-37-33(51)25-7-2-11-29(47)43(25)55)18-5-19-41(22-16-38-34(52)26-8-3-12-30(48)44(26)56)23-17-39-35(53)27-9-4-13-31(49)45(27)57/h1-4,6-13,54-57H,5,14-23H2,(H,36,50)(H,37,51)(H,38,52)(H,39,53). The van der Waals surface area contributed by atoms with E-state index >= 15 is 0 Å². The molecule has 0 aliphatic rings. The number of hydrogen-bond acceptors (Lipinski definition) is 14. The Bertz CT molecular complexity index is 1990. The molecule has 0 aliphatic heterocycles. The van der Waals surface area contributed by atoms with E-state index in [1.807, 2.05) is 9.80 Å². The minimum atomic E-state index is -0.794. The van der Waals surface area contributed by atoms with E-state index in [0.29, 0.717) is 19.5 Å². The van der Waals surface area contributed by atoms with Crippen molar-refractivity contribution in [2.24, 2.45) is 0 Å². The molecule has 0 aliphatic carbocycles. The van der Waals surface area contributed by atoms with Gasteiger partial charge in [-0.3, -0.25) is 48.2 Å². The number of aromatic nitrogens is 4. The van der Waals surface area contributed by atoms with Crippen LogP contribution in [0.25, 0.3) is 0 Å². The first kappa shape index (κ1) is 42.5. The highest BCUT2D eigenvalue weighted by atomic mass is 16.5. The predicted octanol–water partition coefficient (Wildman–Crippen LogP) is -2.70. The Balaban J connectivity index is 1.40. The largest absolute Gasteiger partial charge is 0.425 e. The lowest BCUT2D eigenvalue weighted by molar-refractivity contribution is 0.0872. The maximum atomic E-state index is 12.7. The minimum Gasteiger partial charge on any atom is -0.425 e. The van der Waals surface area contributed by atoms with Crippen LogP contribution in [0, 0.1) is 0 Å². The lowest BCUT2D eigenvalue weighted by atomic mass is 10.3. The number of nitrogens with one attached hydrogen (secondary N) is 4. The second kappa shape index (κ2) is 20.5. The summed E-state index contributed by atoms with van der Waals surface area (Å²) < 4.78 is 0.878. The van der Waals surface area contributed by atoms with Crippen molar-refractivity contribution in [2.75, 3.05) is 65.4 Å². The predicted molar refractivity (Wildman–Crippen MR) is 198 cm³/mol. The Hall–Kier alpha value is -7.20. The third kappa shape index (κ3) is 11.9. The number of rotatable bonds is 20. The van der Waals surface area contributed by atoms with Crippen LogP contribution in [0.1, 0.15) is 48.4 Å². The summed E-state index contributed by atoms with van der Waals surface area (Å²) in [7, 11) is 0. The first-order valence-corrected chi connectivity index (χ1v) is 17.5. The fourth-order valence-electron chi connectivity index (χ4n) is 5.47. The molecule has 0 spiro atoms. The van der Waals surface area contributed by atoms with Gasteiger partial charge in [0.05, 0.1) is 0 Å². The summed E-state index contributed by atoms with van der Waals surface area (Å²) in [5.41, 5.74) is -4.29. The van der Waals surface area contributed by atoms with Crippen LogP contribution in [0.3, 0.4) is 0 Å². The van der Waals surface area contributed by atoms with Crippen molar-refractivity contribution in [3.8, 4) is 0 Å². The molecule has 8 N–H and O–H groups in total. The summed E-state index contributed by atoms with van der Waals surface area (Å²) in [6.45, 7) is 1.86. The van der Waals surface area contributed by atoms with Crippen LogP contribution in [-0.2, 0) is 0 Å². The monoisotopic (exact) mass is 794 g/mol. The Labute approximate surface area is 322 Å². The second-order valence-electron chi connectivity index (χ2n) is 12.3. The average Bonchev–Trinajstić information content (AvgIpc) is 3.18. The van der Waals surface area contributed by atoms with Crippen molar-refractivity contribution in [2.45, 2.75) is 6.42 Å². The van der Waals surface area contributed by atoms with Crippen LogP contribution in [0.5, 0.6) is 0 Å². The van der Waals surface area contributed by atoms with Crippen molar-refractivity contribution in [3.63, 3.8) is 0 Å². The van der Waals surface area contributed by atoms with E-state index in [2.05, 4.69) is 21.3 Å². The van der Waals surface area contributed by atoms with Gasteiger partial charge in [-0.1, -0.05) is 24.3 Å². The molecule has 0 unspecified atom stereocenters. The molecule has 4 amide bonds. The van der Waals surface area contributed by atoms with E-state index in [9.17, 15) is 59.2 Å². The number of nitrogens with zero attached hydrogens (tertiary/aromatic N) is 6. The molecule has 4 aromatic rings. The molecule has 0 fully saturated rings. The fraction of sp³-hybridized carbons (Fsp3) is 0.314. The number of pyridine rings is 4. The van der Waals surface area contributed by atoms with Gasteiger partial charge in [-0.15, -0.1) is 18.9 Å². The van der Waals surface area contributed by atoms with Gasteiger partial charge in [-0.25, -0.2) is 0 Å². The molecule has 0 saturated heterocycles. The van der Waals surface area contributed by atoms with Crippen LogP contribution in [0.4, 0.5) is 0 Å². The molecule has 4 rings (SSSR count). The molecule has 0 saturated carbocycles. The SMILES string of the molecule is O=C(NCCN(CCCN(CCNC(=O)c1cccc(=O)n1O)CCNC(=O)c1cccc(=O)n1O)CCNC(=O)c1cccc(=O)n1O)c1cccc(=O)n1O. The number of carbonyl (C=O) groups is 4. The maximum absolute atomic E-state index is 12.7. The topological polar surface area (TPSA) is 292 Å². The third-order valence-corrected chi connectivity index (χ3v) is 8.45. The average molecular weight is 795 g/mol. The highest BCUT2D eigenvalue weighted by Gasteiger charge is 2.17. The molecule has 304 valence electrons. The van der Waals surface area contributed by atoms with Gasteiger partial charge in [0, 0.05) is 76.6 Å². The third-order valence-electron chi connectivity index (χ3n) is 8.45. The minimum absolute atomic E-state index is 0.0529. The van der Waals surface area contributed by atoms with Gasteiger partial charge < -0.3 is 42.1 Å². The number of hydrogen-bond donors (Lipinski definition) is 8. The zero-order chi connectivity index (χ0) is 41.5. The normalized spacial score (nSPS) is 11.0. The zero-order valence-electron chi connectivity index (χ0n) is 30.4. The van der Waals surface area contributed by atoms with Gasteiger partial charge in [0.15, 0.2) is 0 Å². The first-order chi connectivity index (χ1) is 27.3. The van der Waals surface area contributed by atoms with Crippen LogP contribution < -0.4 is 43.5 Å². The Morgan fingerprint density at radius 3 is 0.860 bits per heavy atom. The van der Waals surface area contributed by atoms with Crippen molar-refractivity contribution >= 4 is 23.6 Å². The van der Waals surface area contributed by atoms with E-state index in [4.69, 9.17) is 0 Å². The van der Waals surface area contributed by atoms with Crippen LogP contribution >= 0.6 is 0 Å². The lowest BCUT2D eigenvalue weighted by Gasteiger charge is -2.26. The Kier molecular flexibility index (Phi) is 15.3. The summed E-state index contributed by atoms with van der Waals surface area (Å²) in [4.78, 5) is 102. The summed E-state index contributed by atoms with van der Waals surface area (Å²) in [6, 6.07) is 14.6. The smallest absolute Gasteiger partial charge is 0.283 e. The molecule has 4 heterocycles. The summed E-state index contributed by atoms with van der Waals surface area (Å²) in [5.74, 6) is -2.87. The van der Waals surface area contributed by atoms with Gasteiger partial charge in [0.2, 0.25) is 0 Å². The summed E-state index contributed by atoms with van der Waals surface area (Å²) in [6.07, 6.45) is 0.456. The Morgan fingerprint density at radius 2 is 0.632 bits per heavy atom. The van der Waals surface area contributed by atoms with Gasteiger partial charge in [-0.05, 0) is 43.8 Å². The summed E-state index contributed by atoms with van der Waals surface area (Å²) >= 11 is 0. The molecule has 0 aromatic carbocycles. The number of carbonyl (C=O) groups excluding carboxylic acids is 4. The van der Waals surface area contributed by atoms with Crippen LogP contribution in [-0.4, -0.2) is 139 Å². The van der Waals surface area contributed by atoms with E-state index in [-0.39, 0.29) is 94.1 Å². The maximum Gasteiger partial charge on any atom is 0.283 e. The van der Waals surface area contributed by atoms with Crippen LogP contribution in [0.15, 0.2) is 92.0 Å². The fourth-order valence-corrected chi connectivity index (χ4v) is 5.47. The molecular formula is C35H42N10O12. The molecule has 0 radical (unpaired) electrons. The van der Waals surface area contributed by atoms with Crippen molar-refractivity contribution in [1.29, 1.82) is 0 Å². The van der Waals surface area contributed by atoms with Crippen LogP contribution in [0.2, 0.25) is 0 Å². The highest BCUT2D eigenvalue weighted by Crippen LogP contribution is 2.01. The van der Waals surface area contributed by atoms with Gasteiger partial charge >= 0.3 is 0 Å². The Morgan fingerprint density at radius 1 is 0.404 bits per heavy atom. The van der Waals surface area contributed by atoms with Gasteiger partial charge in [0.25, 0.3) is 45.9 Å². The highest BCUT2D eigenvalue weighted by molar-refractivity contribution is 5.93.